The zero-order chi connectivity index (χ0) is 21.1. The Morgan fingerprint density at radius 1 is 0.967 bits per heavy atom. The second-order valence-corrected chi connectivity index (χ2v) is 7.98. The van der Waals surface area contributed by atoms with E-state index < -0.39 is 0 Å². The van der Waals surface area contributed by atoms with Crippen molar-refractivity contribution in [1.29, 1.82) is 0 Å². The highest BCUT2D eigenvalue weighted by molar-refractivity contribution is 7.19. The van der Waals surface area contributed by atoms with E-state index in [1.54, 1.807) is 18.2 Å². The minimum atomic E-state index is -0.226. The summed E-state index contributed by atoms with van der Waals surface area (Å²) < 4.78 is 1.45. The van der Waals surface area contributed by atoms with Gasteiger partial charge in [0.1, 0.15) is 5.69 Å². The topological polar surface area (TPSA) is 76.9 Å². The van der Waals surface area contributed by atoms with Gasteiger partial charge in [0.2, 0.25) is 0 Å². The van der Waals surface area contributed by atoms with E-state index >= 15 is 0 Å². The van der Waals surface area contributed by atoms with Crippen LogP contribution in [0.15, 0.2) is 77.6 Å². The fraction of sp³-hybridized carbons (Fsp3) is 0.130. The first kappa shape index (κ1) is 19.7. The third-order valence-corrected chi connectivity index (χ3v) is 5.47. The first-order valence-electron chi connectivity index (χ1n) is 9.56. The predicted molar refractivity (Wildman–Crippen MR) is 120 cm³/mol. The summed E-state index contributed by atoms with van der Waals surface area (Å²) in [5, 5.41) is 7.89. The molecule has 0 unspecified atom stereocenters. The van der Waals surface area contributed by atoms with Crippen LogP contribution < -0.4 is 10.9 Å². The Morgan fingerprint density at radius 3 is 2.30 bits per heavy atom. The zero-order valence-electron chi connectivity index (χ0n) is 16.6. The Labute approximate surface area is 177 Å². The Hall–Kier alpha value is -3.58. The van der Waals surface area contributed by atoms with Gasteiger partial charge in [0.15, 0.2) is 5.13 Å². The van der Waals surface area contributed by atoms with Crippen LogP contribution in [0.25, 0.3) is 21.8 Å². The lowest BCUT2D eigenvalue weighted by molar-refractivity contribution is 0.102. The summed E-state index contributed by atoms with van der Waals surface area (Å²) in [5.74, 6) is -0.226. The summed E-state index contributed by atoms with van der Waals surface area (Å²) in [5.41, 5.74) is 2.66. The van der Waals surface area contributed by atoms with Gasteiger partial charge >= 0.3 is 0 Å². The highest BCUT2D eigenvalue weighted by Gasteiger charge is 2.19. The van der Waals surface area contributed by atoms with E-state index in [4.69, 9.17) is 0 Å². The summed E-state index contributed by atoms with van der Waals surface area (Å²) in [4.78, 5) is 30.2. The number of carbonyl (C=O) groups is 1. The fourth-order valence-electron chi connectivity index (χ4n) is 3.01. The van der Waals surface area contributed by atoms with E-state index in [-0.39, 0.29) is 17.5 Å². The lowest BCUT2D eigenvalue weighted by Gasteiger charge is -2.09. The van der Waals surface area contributed by atoms with Crippen LogP contribution in [0, 0.1) is 0 Å². The predicted octanol–water partition coefficient (Wildman–Crippen LogP) is 4.87. The number of thiazole rings is 1. The lowest BCUT2D eigenvalue weighted by Crippen LogP contribution is -2.23. The summed E-state index contributed by atoms with van der Waals surface area (Å²) in [6, 6.07) is 21.9. The SMILES string of the molecule is CC(C)n1nc(-c2sc(NC(=O)c3ccccc3)nc2-c2ccccc2)ccc1=O. The van der Waals surface area contributed by atoms with Crippen LogP contribution in [0.5, 0.6) is 0 Å². The van der Waals surface area contributed by atoms with Crippen molar-refractivity contribution in [3.05, 3.63) is 88.7 Å². The van der Waals surface area contributed by atoms with E-state index in [9.17, 15) is 9.59 Å². The van der Waals surface area contributed by atoms with Crippen LogP contribution in [0.1, 0.15) is 30.2 Å². The molecule has 0 aliphatic carbocycles. The van der Waals surface area contributed by atoms with E-state index in [1.165, 1.54) is 22.1 Å². The van der Waals surface area contributed by atoms with Crippen LogP contribution >= 0.6 is 11.3 Å². The van der Waals surface area contributed by atoms with Crippen LogP contribution in [0.2, 0.25) is 0 Å². The van der Waals surface area contributed by atoms with E-state index in [0.29, 0.717) is 22.1 Å². The summed E-state index contributed by atoms with van der Waals surface area (Å²) in [7, 11) is 0. The minimum Gasteiger partial charge on any atom is -0.298 e. The number of aromatic nitrogens is 3. The standard InChI is InChI=1S/C23H20N4O2S/c1-15(2)27-19(28)14-13-18(26-27)21-20(16-9-5-3-6-10-16)24-23(30-21)25-22(29)17-11-7-4-8-12-17/h3-15H,1-2H3,(H,24,25,29). The fourth-order valence-corrected chi connectivity index (χ4v) is 3.96. The molecule has 4 rings (SSSR count). The molecule has 2 aromatic carbocycles. The molecule has 0 fully saturated rings. The molecule has 2 aromatic heterocycles. The Morgan fingerprint density at radius 2 is 1.63 bits per heavy atom. The van der Waals surface area contributed by atoms with Crippen LogP contribution in [0.4, 0.5) is 5.13 Å². The Balaban J connectivity index is 1.79. The number of nitrogens with zero attached hydrogens (tertiary/aromatic N) is 3. The molecule has 0 spiro atoms. The number of carbonyl (C=O) groups excluding carboxylic acids is 1. The molecule has 0 aliphatic rings. The van der Waals surface area contributed by atoms with Crippen molar-refractivity contribution in [2.45, 2.75) is 19.9 Å². The van der Waals surface area contributed by atoms with Gasteiger partial charge in [-0.3, -0.25) is 14.9 Å². The smallest absolute Gasteiger partial charge is 0.267 e. The van der Waals surface area contributed by atoms with Crippen LogP contribution in [-0.4, -0.2) is 20.7 Å². The number of hydrogen-bond donors (Lipinski definition) is 1. The van der Waals surface area contributed by atoms with Gasteiger partial charge in [0.25, 0.3) is 11.5 Å². The number of amides is 1. The van der Waals surface area contributed by atoms with Gasteiger partial charge in [-0.1, -0.05) is 59.9 Å². The molecule has 0 saturated carbocycles. The van der Waals surface area contributed by atoms with Crippen LogP contribution in [0.3, 0.4) is 0 Å². The van der Waals surface area contributed by atoms with Gasteiger partial charge in [-0.05, 0) is 32.0 Å². The number of nitrogens with one attached hydrogen (secondary N) is 1. The second kappa shape index (κ2) is 8.42. The largest absolute Gasteiger partial charge is 0.298 e. The Kier molecular flexibility index (Phi) is 5.54. The van der Waals surface area contributed by atoms with Crippen molar-refractivity contribution in [3.63, 3.8) is 0 Å². The molecule has 30 heavy (non-hydrogen) atoms. The molecule has 0 atom stereocenters. The molecule has 2 heterocycles. The maximum Gasteiger partial charge on any atom is 0.267 e. The molecule has 0 bridgehead atoms. The third-order valence-electron chi connectivity index (χ3n) is 4.48. The van der Waals surface area contributed by atoms with Gasteiger partial charge in [0.05, 0.1) is 16.6 Å². The van der Waals surface area contributed by atoms with Gasteiger partial charge in [-0.2, -0.15) is 5.10 Å². The average molecular weight is 417 g/mol. The molecule has 0 radical (unpaired) electrons. The van der Waals surface area contributed by atoms with Crippen molar-refractivity contribution >= 4 is 22.4 Å². The number of rotatable bonds is 5. The summed E-state index contributed by atoms with van der Waals surface area (Å²) in [6.45, 7) is 3.82. The maximum absolute atomic E-state index is 12.6. The molecule has 0 aliphatic heterocycles. The monoisotopic (exact) mass is 416 g/mol. The molecular weight excluding hydrogens is 396 g/mol. The summed E-state index contributed by atoms with van der Waals surface area (Å²) >= 11 is 1.34. The normalized spacial score (nSPS) is 10.9. The Bertz CT molecular complexity index is 1230. The second-order valence-electron chi connectivity index (χ2n) is 6.98. The van der Waals surface area contributed by atoms with Gasteiger partial charge in [0, 0.05) is 17.2 Å². The van der Waals surface area contributed by atoms with Gasteiger partial charge < -0.3 is 0 Å². The first-order valence-corrected chi connectivity index (χ1v) is 10.4. The van der Waals surface area contributed by atoms with Crippen LogP contribution in [-0.2, 0) is 0 Å². The maximum atomic E-state index is 12.6. The molecule has 4 aromatic rings. The molecular formula is C23H20N4O2S. The molecule has 0 saturated heterocycles. The van der Waals surface area contributed by atoms with Crippen molar-refractivity contribution in [3.8, 4) is 21.8 Å². The number of hydrogen-bond acceptors (Lipinski definition) is 5. The van der Waals surface area contributed by atoms with Crippen molar-refractivity contribution in [2.24, 2.45) is 0 Å². The molecule has 1 N–H and O–H groups in total. The van der Waals surface area contributed by atoms with E-state index in [0.717, 1.165) is 10.4 Å². The van der Waals surface area contributed by atoms with Crippen molar-refractivity contribution in [1.82, 2.24) is 14.8 Å². The van der Waals surface area contributed by atoms with Gasteiger partial charge in [-0.25, -0.2) is 9.67 Å². The van der Waals surface area contributed by atoms with E-state index in [1.807, 2.05) is 62.4 Å². The highest BCUT2D eigenvalue weighted by atomic mass is 32.1. The third kappa shape index (κ3) is 4.06. The van der Waals surface area contributed by atoms with Crippen molar-refractivity contribution < 1.29 is 4.79 Å². The molecule has 150 valence electrons. The lowest BCUT2D eigenvalue weighted by atomic mass is 10.1. The minimum absolute atomic E-state index is 0.0669. The van der Waals surface area contributed by atoms with E-state index in [2.05, 4.69) is 15.4 Å². The average Bonchev–Trinajstić information content (AvgIpc) is 3.19. The first-order chi connectivity index (χ1) is 14.5. The molecule has 6 nitrogen and oxygen atoms in total. The number of anilines is 1. The highest BCUT2D eigenvalue weighted by Crippen LogP contribution is 2.38. The van der Waals surface area contributed by atoms with Gasteiger partial charge in [-0.15, -0.1) is 0 Å². The summed E-state index contributed by atoms with van der Waals surface area (Å²) in [6.07, 6.45) is 0. The zero-order valence-corrected chi connectivity index (χ0v) is 17.4. The molecule has 1 amide bonds. The quantitative estimate of drug-likeness (QED) is 0.504. The number of benzene rings is 2. The molecule has 7 heteroatoms. The van der Waals surface area contributed by atoms with Crippen molar-refractivity contribution in [2.75, 3.05) is 5.32 Å².